The SMILES string of the molecule is CC1(SS)CCCS1. The fourth-order valence-corrected chi connectivity index (χ4v) is 3.28. The van der Waals surface area contributed by atoms with Gasteiger partial charge in [-0.2, -0.15) is 0 Å². The summed E-state index contributed by atoms with van der Waals surface area (Å²) in [6.45, 7) is 2.27. The summed E-state index contributed by atoms with van der Waals surface area (Å²) in [4.78, 5) is 0. The smallest absolute Gasteiger partial charge is 0.0684 e. The first-order chi connectivity index (χ1) is 3.77. The zero-order valence-electron chi connectivity index (χ0n) is 4.89. The van der Waals surface area contributed by atoms with Gasteiger partial charge in [-0.3, -0.25) is 0 Å². The predicted molar refractivity (Wildman–Crippen MR) is 46.7 cm³/mol. The Kier molecular flexibility index (Phi) is 2.47. The van der Waals surface area contributed by atoms with Crippen LogP contribution in [0.1, 0.15) is 19.8 Å². The highest BCUT2D eigenvalue weighted by molar-refractivity contribution is 8.71. The molecule has 0 nitrogen and oxygen atoms in total. The summed E-state index contributed by atoms with van der Waals surface area (Å²) in [6.07, 6.45) is 2.70. The van der Waals surface area contributed by atoms with Gasteiger partial charge in [0.15, 0.2) is 0 Å². The van der Waals surface area contributed by atoms with E-state index in [9.17, 15) is 0 Å². The van der Waals surface area contributed by atoms with Crippen molar-refractivity contribution in [3.05, 3.63) is 0 Å². The van der Waals surface area contributed by atoms with E-state index in [1.807, 2.05) is 11.8 Å². The van der Waals surface area contributed by atoms with Crippen LogP contribution in [-0.4, -0.2) is 9.83 Å². The Morgan fingerprint density at radius 3 is 2.75 bits per heavy atom. The van der Waals surface area contributed by atoms with Crippen LogP contribution in [0.3, 0.4) is 0 Å². The Morgan fingerprint density at radius 2 is 2.50 bits per heavy atom. The van der Waals surface area contributed by atoms with E-state index in [4.69, 9.17) is 0 Å². The van der Waals surface area contributed by atoms with Crippen molar-refractivity contribution in [2.24, 2.45) is 0 Å². The first-order valence-electron chi connectivity index (χ1n) is 2.73. The molecule has 1 unspecified atom stereocenters. The number of rotatable bonds is 1. The molecular weight excluding hydrogens is 156 g/mol. The summed E-state index contributed by atoms with van der Waals surface area (Å²) in [5.74, 6) is 1.32. The van der Waals surface area contributed by atoms with E-state index in [-0.39, 0.29) is 0 Å². The van der Waals surface area contributed by atoms with Gasteiger partial charge in [-0.15, -0.1) is 23.4 Å². The van der Waals surface area contributed by atoms with E-state index in [2.05, 4.69) is 18.6 Å². The average Bonchev–Trinajstić information content (AvgIpc) is 2.17. The molecule has 0 N–H and O–H groups in total. The van der Waals surface area contributed by atoms with Crippen molar-refractivity contribution in [2.75, 3.05) is 5.75 Å². The zero-order valence-corrected chi connectivity index (χ0v) is 7.41. The third-order valence-corrected chi connectivity index (χ3v) is 5.46. The third-order valence-electron chi connectivity index (χ3n) is 1.38. The number of hydrogen-bond acceptors (Lipinski definition) is 3. The molecule has 0 radical (unpaired) electrons. The van der Waals surface area contributed by atoms with E-state index >= 15 is 0 Å². The highest BCUT2D eigenvalue weighted by Gasteiger charge is 2.28. The normalized spacial score (nSPS) is 38.2. The Balaban J connectivity index is 2.40. The zero-order chi connectivity index (χ0) is 6.04. The molecule has 0 bridgehead atoms. The van der Waals surface area contributed by atoms with Gasteiger partial charge in [0.25, 0.3) is 0 Å². The first kappa shape index (κ1) is 7.16. The average molecular weight is 166 g/mol. The fraction of sp³-hybridized carbons (Fsp3) is 1.00. The van der Waals surface area contributed by atoms with E-state index < -0.39 is 0 Å². The van der Waals surface area contributed by atoms with Crippen molar-refractivity contribution >= 4 is 34.2 Å². The van der Waals surface area contributed by atoms with Crippen molar-refractivity contribution in [1.29, 1.82) is 0 Å². The summed E-state index contributed by atoms with van der Waals surface area (Å²) in [7, 11) is 1.69. The minimum atomic E-state index is 0.434. The maximum absolute atomic E-state index is 4.20. The second-order valence-electron chi connectivity index (χ2n) is 2.18. The summed E-state index contributed by atoms with van der Waals surface area (Å²) in [6, 6.07) is 0. The standard InChI is InChI=1S/C5H10S3/c1-5(8-6)3-2-4-7-5/h6H,2-4H2,1H3. The Hall–Kier alpha value is 1.05. The van der Waals surface area contributed by atoms with Gasteiger partial charge in [0.05, 0.1) is 4.08 Å². The summed E-state index contributed by atoms with van der Waals surface area (Å²) >= 11 is 6.23. The minimum Gasteiger partial charge on any atom is -0.144 e. The van der Waals surface area contributed by atoms with Gasteiger partial charge in [0.1, 0.15) is 0 Å². The molecule has 0 spiro atoms. The van der Waals surface area contributed by atoms with Crippen LogP contribution in [0.25, 0.3) is 0 Å². The summed E-state index contributed by atoms with van der Waals surface area (Å²) < 4.78 is 0.434. The molecule has 1 aliphatic rings. The Labute approximate surface area is 64.0 Å². The molecule has 1 fully saturated rings. The molecule has 1 heterocycles. The van der Waals surface area contributed by atoms with Gasteiger partial charge in [0, 0.05) is 0 Å². The Bertz CT molecular complexity index is 75.7. The molecule has 1 saturated heterocycles. The molecule has 3 heteroatoms. The maximum atomic E-state index is 4.20. The molecule has 0 aliphatic carbocycles. The maximum Gasteiger partial charge on any atom is 0.0684 e. The van der Waals surface area contributed by atoms with Crippen LogP contribution in [0.15, 0.2) is 0 Å². The van der Waals surface area contributed by atoms with E-state index in [0.717, 1.165) is 0 Å². The summed E-state index contributed by atoms with van der Waals surface area (Å²) in [5, 5.41) is 0. The van der Waals surface area contributed by atoms with Gasteiger partial charge >= 0.3 is 0 Å². The van der Waals surface area contributed by atoms with Crippen molar-refractivity contribution < 1.29 is 0 Å². The van der Waals surface area contributed by atoms with Crippen LogP contribution in [0.5, 0.6) is 0 Å². The number of thiol groups is 1. The van der Waals surface area contributed by atoms with Gasteiger partial charge in [-0.25, -0.2) is 0 Å². The fourth-order valence-electron chi connectivity index (χ4n) is 0.826. The van der Waals surface area contributed by atoms with Crippen molar-refractivity contribution in [1.82, 2.24) is 0 Å². The molecule has 0 aromatic rings. The minimum absolute atomic E-state index is 0.434. The van der Waals surface area contributed by atoms with E-state index in [1.165, 1.54) is 18.6 Å². The largest absolute Gasteiger partial charge is 0.144 e. The van der Waals surface area contributed by atoms with Crippen LogP contribution >= 0.6 is 34.2 Å². The third kappa shape index (κ3) is 1.52. The monoisotopic (exact) mass is 166 g/mol. The van der Waals surface area contributed by atoms with Crippen LogP contribution in [0, 0.1) is 0 Å². The van der Waals surface area contributed by atoms with Crippen LogP contribution in [0.4, 0.5) is 0 Å². The highest BCUT2D eigenvalue weighted by Crippen LogP contribution is 2.47. The molecule has 0 amide bonds. The molecule has 0 aromatic heterocycles. The highest BCUT2D eigenvalue weighted by atomic mass is 33.1. The lowest BCUT2D eigenvalue weighted by Gasteiger charge is -2.16. The first-order valence-corrected chi connectivity index (χ1v) is 5.59. The number of thioether (sulfide) groups is 1. The molecule has 1 rings (SSSR count). The van der Waals surface area contributed by atoms with Crippen LogP contribution in [0.2, 0.25) is 0 Å². The van der Waals surface area contributed by atoms with Crippen LogP contribution < -0.4 is 0 Å². The van der Waals surface area contributed by atoms with Crippen LogP contribution in [-0.2, 0) is 0 Å². The molecule has 0 aromatic carbocycles. The van der Waals surface area contributed by atoms with Crippen molar-refractivity contribution in [3.8, 4) is 0 Å². The summed E-state index contributed by atoms with van der Waals surface area (Å²) in [5.41, 5.74) is 0. The Morgan fingerprint density at radius 1 is 1.75 bits per heavy atom. The number of hydrogen-bond donors (Lipinski definition) is 1. The molecule has 1 atom stereocenters. The molecule has 1 aliphatic heterocycles. The van der Waals surface area contributed by atoms with Gasteiger partial charge in [-0.1, -0.05) is 10.8 Å². The molecule has 48 valence electrons. The molecule has 8 heavy (non-hydrogen) atoms. The van der Waals surface area contributed by atoms with Gasteiger partial charge in [-0.05, 0) is 25.5 Å². The van der Waals surface area contributed by atoms with Gasteiger partial charge in [0.2, 0.25) is 0 Å². The lowest BCUT2D eigenvalue weighted by Crippen LogP contribution is -2.05. The lowest BCUT2D eigenvalue weighted by atomic mass is 10.3. The molecular formula is C5H10S3. The van der Waals surface area contributed by atoms with E-state index in [1.54, 1.807) is 10.8 Å². The van der Waals surface area contributed by atoms with E-state index in [0.29, 0.717) is 4.08 Å². The topological polar surface area (TPSA) is 0 Å². The van der Waals surface area contributed by atoms with Crippen molar-refractivity contribution in [3.63, 3.8) is 0 Å². The predicted octanol–water partition coefficient (Wildman–Crippen LogP) is 2.81. The second-order valence-corrected chi connectivity index (χ2v) is 5.66. The molecule has 0 saturated carbocycles. The van der Waals surface area contributed by atoms with Gasteiger partial charge < -0.3 is 0 Å². The second kappa shape index (κ2) is 2.76. The van der Waals surface area contributed by atoms with Crippen molar-refractivity contribution in [2.45, 2.75) is 23.8 Å². The quantitative estimate of drug-likeness (QED) is 0.470. The lowest BCUT2D eigenvalue weighted by molar-refractivity contribution is 0.799.